The first-order chi connectivity index (χ1) is 45.6. The van der Waals surface area contributed by atoms with Gasteiger partial charge in [-0.25, -0.2) is 4.79 Å². The molecule has 0 fully saturated rings. The van der Waals surface area contributed by atoms with E-state index in [2.05, 4.69) is 13.8 Å². The third-order valence-electron chi connectivity index (χ3n) is 19.9. The van der Waals surface area contributed by atoms with E-state index in [1.165, 1.54) is 398 Å². The zero-order chi connectivity index (χ0) is 67.5. The van der Waals surface area contributed by atoms with E-state index in [-0.39, 0.29) is 38.2 Å². The zero-order valence-electron chi connectivity index (χ0n) is 63.7. The van der Waals surface area contributed by atoms with Crippen molar-refractivity contribution in [2.75, 3.05) is 47.5 Å². The highest BCUT2D eigenvalue weighted by Crippen LogP contribution is 2.21. The second-order valence-corrected chi connectivity index (χ2v) is 30.5. The van der Waals surface area contributed by atoms with Crippen LogP contribution in [-0.4, -0.2) is 87.4 Å². The largest absolute Gasteiger partial charge is 0.477 e. The van der Waals surface area contributed by atoms with Crippen LogP contribution in [0.3, 0.4) is 0 Å². The predicted octanol–water partition coefficient (Wildman–Crippen LogP) is 26.9. The number of ether oxygens (including phenoxy) is 4. The molecule has 0 heterocycles. The van der Waals surface area contributed by atoms with Crippen LogP contribution in [0.25, 0.3) is 0 Å². The first-order valence-electron chi connectivity index (χ1n) is 42.2. The van der Waals surface area contributed by atoms with Crippen LogP contribution in [0.4, 0.5) is 0 Å². The van der Waals surface area contributed by atoms with Gasteiger partial charge in [-0.15, -0.1) is 0 Å². The molecule has 0 bridgehead atoms. The van der Waals surface area contributed by atoms with E-state index in [0.29, 0.717) is 17.4 Å². The summed E-state index contributed by atoms with van der Waals surface area (Å²) in [6.45, 7) is 4.99. The Kier molecular flexibility index (Phi) is 74.7. The molecule has 0 rings (SSSR count). The highest BCUT2D eigenvalue weighted by molar-refractivity contribution is 5.71. The van der Waals surface area contributed by atoms with Crippen LogP contribution in [0.5, 0.6) is 0 Å². The van der Waals surface area contributed by atoms with Crippen molar-refractivity contribution < 1.29 is 42.9 Å². The highest BCUT2D eigenvalue weighted by atomic mass is 16.7. The summed E-state index contributed by atoms with van der Waals surface area (Å²) in [5.41, 5.74) is 0. The summed E-state index contributed by atoms with van der Waals surface area (Å²) in [6.07, 6.45) is 91.5. The number of likely N-dealkylation sites (N-methyl/N-ethyl adjacent to an activating group) is 1. The first kappa shape index (κ1) is 91.3. The van der Waals surface area contributed by atoms with Crippen LogP contribution >= 0.6 is 0 Å². The number of carboxylic acid groups (broad SMARTS) is 1. The minimum Gasteiger partial charge on any atom is -0.477 e. The average molecular weight is 1320 g/mol. The van der Waals surface area contributed by atoms with Gasteiger partial charge in [-0.2, -0.15) is 0 Å². The van der Waals surface area contributed by atoms with E-state index in [9.17, 15) is 19.5 Å². The summed E-state index contributed by atoms with van der Waals surface area (Å²) < 4.78 is 23.1. The van der Waals surface area contributed by atoms with Gasteiger partial charge in [0.2, 0.25) is 0 Å². The number of quaternary nitrogens is 1. The molecular weight excluding hydrogens is 1150 g/mol. The lowest BCUT2D eigenvalue weighted by molar-refractivity contribution is -0.870. The third kappa shape index (κ3) is 77.5. The van der Waals surface area contributed by atoms with Crippen molar-refractivity contribution in [3.63, 3.8) is 0 Å². The number of carbonyl (C=O) groups excluding carboxylic acids is 2. The maximum Gasteiger partial charge on any atom is 0.361 e. The number of unbranched alkanes of at least 4 members (excludes halogenated alkanes) is 66. The third-order valence-corrected chi connectivity index (χ3v) is 19.9. The average Bonchev–Trinajstić information content (AvgIpc) is 3.73. The molecular formula is C84H166NO8+. The number of nitrogens with zero attached hydrogens (tertiary/aromatic N) is 1. The molecule has 0 saturated carbocycles. The van der Waals surface area contributed by atoms with Crippen molar-refractivity contribution in [1.82, 2.24) is 0 Å². The molecule has 0 aromatic heterocycles. The SMILES string of the molecule is CCCCCCCCCCCCCCCCCCCCCCCCCCCCCCCCCCCCCCCC(=O)OC(COC(=O)CCCCCCCCCCCCCCCCCCCCCCCCCCCCCCCCC)COC(OCC[N+](C)(C)C)C(=O)O. The lowest BCUT2D eigenvalue weighted by atomic mass is 10.0. The lowest BCUT2D eigenvalue weighted by Gasteiger charge is -2.25. The first-order valence-corrected chi connectivity index (χ1v) is 42.2. The summed E-state index contributed by atoms with van der Waals surface area (Å²) in [5, 5.41) is 9.78. The summed E-state index contributed by atoms with van der Waals surface area (Å²) in [4.78, 5) is 37.8. The molecule has 2 unspecified atom stereocenters. The molecule has 0 aliphatic rings. The summed E-state index contributed by atoms with van der Waals surface area (Å²) >= 11 is 0. The molecule has 9 heteroatoms. The molecule has 2 atom stereocenters. The molecule has 554 valence electrons. The minimum atomic E-state index is -1.51. The summed E-state index contributed by atoms with van der Waals surface area (Å²) in [5.74, 6) is -1.96. The molecule has 0 saturated heterocycles. The predicted molar refractivity (Wildman–Crippen MR) is 402 cm³/mol. The van der Waals surface area contributed by atoms with Crippen LogP contribution in [0.2, 0.25) is 0 Å². The molecule has 1 N–H and O–H groups in total. The van der Waals surface area contributed by atoms with Gasteiger partial charge in [-0.3, -0.25) is 9.59 Å². The van der Waals surface area contributed by atoms with Gasteiger partial charge in [0, 0.05) is 12.8 Å². The Hall–Kier alpha value is -1.71. The van der Waals surface area contributed by atoms with Crippen LogP contribution in [-0.2, 0) is 33.3 Å². The van der Waals surface area contributed by atoms with Crippen molar-refractivity contribution in [3.8, 4) is 0 Å². The van der Waals surface area contributed by atoms with Gasteiger partial charge in [0.25, 0.3) is 6.29 Å². The number of hydrogen-bond acceptors (Lipinski definition) is 7. The number of aliphatic carboxylic acids is 1. The Labute approximate surface area is 581 Å². The van der Waals surface area contributed by atoms with E-state index in [1.807, 2.05) is 21.1 Å². The fraction of sp³-hybridized carbons (Fsp3) is 0.964. The van der Waals surface area contributed by atoms with Crippen LogP contribution < -0.4 is 0 Å². The van der Waals surface area contributed by atoms with Crippen molar-refractivity contribution in [2.24, 2.45) is 0 Å². The molecule has 0 amide bonds. The minimum absolute atomic E-state index is 0.171. The monoisotopic (exact) mass is 1320 g/mol. The molecule has 0 aromatic carbocycles. The van der Waals surface area contributed by atoms with Crippen LogP contribution in [0.1, 0.15) is 463 Å². The van der Waals surface area contributed by atoms with E-state index >= 15 is 0 Å². The molecule has 0 spiro atoms. The van der Waals surface area contributed by atoms with Crippen LogP contribution in [0.15, 0.2) is 0 Å². The van der Waals surface area contributed by atoms with Gasteiger partial charge in [-0.05, 0) is 12.8 Å². The Balaban J connectivity index is 3.91. The van der Waals surface area contributed by atoms with Gasteiger partial charge in [0.15, 0.2) is 6.10 Å². The van der Waals surface area contributed by atoms with Gasteiger partial charge in [0.05, 0.1) is 34.4 Å². The van der Waals surface area contributed by atoms with Crippen molar-refractivity contribution in [3.05, 3.63) is 0 Å². The normalized spacial score (nSPS) is 12.5. The Morgan fingerprint density at radius 2 is 0.484 bits per heavy atom. The maximum atomic E-state index is 13.0. The van der Waals surface area contributed by atoms with Gasteiger partial charge in [0.1, 0.15) is 13.2 Å². The van der Waals surface area contributed by atoms with Crippen molar-refractivity contribution in [1.29, 1.82) is 0 Å². The second kappa shape index (κ2) is 76.1. The highest BCUT2D eigenvalue weighted by Gasteiger charge is 2.25. The number of rotatable bonds is 81. The van der Waals surface area contributed by atoms with E-state index < -0.39 is 18.4 Å². The molecule has 9 nitrogen and oxygen atoms in total. The maximum absolute atomic E-state index is 13.0. The van der Waals surface area contributed by atoms with E-state index in [4.69, 9.17) is 18.9 Å². The fourth-order valence-corrected chi connectivity index (χ4v) is 13.4. The lowest BCUT2D eigenvalue weighted by Crippen LogP contribution is -2.40. The molecule has 0 aliphatic carbocycles. The van der Waals surface area contributed by atoms with E-state index in [1.54, 1.807) is 0 Å². The standard InChI is InChI=1S/C84H165NO8/c1-6-8-10-12-14-16-18-20-22-24-26-28-30-32-34-36-38-39-40-41-42-43-45-47-49-51-53-55-57-59-61-63-65-67-69-71-73-75-82(87)93-80(79-92-84(83(88)89)90-77-76-85(3,4)5)78-91-81(86)74-72-70-68-66-64-62-60-58-56-54-52-50-48-46-44-37-35-33-31-29-27-25-23-21-19-17-15-13-11-9-7-2/h80,84H,6-79H2,1-5H3/p+1. The summed E-state index contributed by atoms with van der Waals surface area (Å²) in [7, 11) is 6.01. The van der Waals surface area contributed by atoms with Crippen molar-refractivity contribution >= 4 is 17.9 Å². The topological polar surface area (TPSA) is 108 Å². The molecule has 0 aliphatic heterocycles. The number of esters is 2. The molecule has 93 heavy (non-hydrogen) atoms. The van der Waals surface area contributed by atoms with Gasteiger partial charge < -0.3 is 28.5 Å². The van der Waals surface area contributed by atoms with Gasteiger partial charge in [-0.1, -0.05) is 438 Å². The summed E-state index contributed by atoms with van der Waals surface area (Å²) in [6, 6.07) is 0. The smallest absolute Gasteiger partial charge is 0.361 e. The number of carbonyl (C=O) groups is 3. The molecule has 0 aromatic rings. The second-order valence-electron chi connectivity index (χ2n) is 30.5. The van der Waals surface area contributed by atoms with E-state index in [0.717, 1.165) is 38.5 Å². The number of carboxylic acids is 1. The molecule has 0 radical (unpaired) electrons. The quantitative estimate of drug-likeness (QED) is 0.0278. The Morgan fingerprint density at radius 3 is 0.688 bits per heavy atom. The number of hydrogen-bond donors (Lipinski definition) is 1. The van der Waals surface area contributed by atoms with Crippen molar-refractivity contribution in [2.45, 2.75) is 476 Å². The Bertz CT molecular complexity index is 1480. The van der Waals surface area contributed by atoms with Crippen LogP contribution in [0, 0.1) is 0 Å². The Morgan fingerprint density at radius 1 is 0.280 bits per heavy atom. The zero-order valence-corrected chi connectivity index (χ0v) is 63.7. The van der Waals surface area contributed by atoms with Gasteiger partial charge >= 0.3 is 17.9 Å². The fourth-order valence-electron chi connectivity index (χ4n) is 13.4.